The maximum Gasteiger partial charge on any atom is 0.321 e. The number of hydrogen-bond donors (Lipinski definition) is 0. The van der Waals surface area contributed by atoms with Gasteiger partial charge in [0.2, 0.25) is 0 Å². The second-order valence-corrected chi connectivity index (χ2v) is 16.2. The summed E-state index contributed by atoms with van der Waals surface area (Å²) in [5.41, 5.74) is 0. The SMILES string of the molecule is CC(C)C(O[SiH](CCC(C1C=CC=C1)C1C=CC=C1)OC(C1CCCCCCC1)C1CCCCCCC1)C(C)C. The number of allylic oxidation sites excluding steroid dienone is 8. The average Bonchev–Trinajstić information content (AvgIpc) is 3.61. The molecule has 0 bridgehead atoms. The Morgan fingerprint density at radius 2 is 0.975 bits per heavy atom. The molecule has 0 aromatic heterocycles. The molecule has 0 heterocycles. The van der Waals surface area contributed by atoms with Gasteiger partial charge in [0.15, 0.2) is 0 Å². The topological polar surface area (TPSA) is 18.5 Å². The lowest BCUT2D eigenvalue weighted by Crippen LogP contribution is -2.43. The van der Waals surface area contributed by atoms with E-state index in [1.54, 1.807) is 0 Å². The zero-order valence-electron chi connectivity index (χ0n) is 26.5. The normalized spacial score (nSPS) is 23.2. The van der Waals surface area contributed by atoms with Crippen LogP contribution in [-0.2, 0) is 8.85 Å². The van der Waals surface area contributed by atoms with Crippen molar-refractivity contribution >= 4 is 9.28 Å². The molecule has 4 rings (SSSR count). The Labute approximate surface area is 250 Å². The van der Waals surface area contributed by atoms with E-state index < -0.39 is 9.28 Å². The van der Waals surface area contributed by atoms with Gasteiger partial charge in [-0.3, -0.25) is 0 Å². The second-order valence-electron chi connectivity index (χ2n) is 14.3. The minimum Gasteiger partial charge on any atom is -0.393 e. The van der Waals surface area contributed by atoms with E-state index in [4.69, 9.17) is 8.85 Å². The number of hydrogen-bond acceptors (Lipinski definition) is 2. The fraction of sp³-hybridized carbons (Fsp3) is 0.784. The monoisotopic (exact) mass is 566 g/mol. The van der Waals surface area contributed by atoms with Crippen LogP contribution in [0.3, 0.4) is 0 Å². The Bertz CT molecular complexity index is 728. The van der Waals surface area contributed by atoms with E-state index in [2.05, 4.69) is 76.3 Å². The summed E-state index contributed by atoms with van der Waals surface area (Å²) in [5, 5.41) is 0. The lowest BCUT2D eigenvalue weighted by molar-refractivity contribution is -0.00209. The molecule has 0 aromatic rings. The predicted octanol–water partition coefficient (Wildman–Crippen LogP) is 10.5. The van der Waals surface area contributed by atoms with Crippen LogP contribution in [0.4, 0.5) is 0 Å². The zero-order chi connectivity index (χ0) is 28.2. The standard InChI is InChI=1S/C37H62O2Si/c1-29(2)36(30(3)4)38-40(28-27-35(31-19-15-16-20-31)32-21-17-18-22-32)39-37(33-23-11-7-5-8-12-24-33)34-25-13-9-6-10-14-26-34/h15-22,29-37,40H,5-14,23-28H2,1-4H3. The molecule has 2 nitrogen and oxygen atoms in total. The Hall–Kier alpha value is -0.903. The average molecular weight is 567 g/mol. The van der Waals surface area contributed by atoms with Crippen LogP contribution in [0.1, 0.15) is 124 Å². The highest BCUT2D eigenvalue weighted by molar-refractivity contribution is 6.44. The van der Waals surface area contributed by atoms with Crippen LogP contribution in [0.25, 0.3) is 0 Å². The molecule has 3 heteroatoms. The minimum atomic E-state index is -1.89. The van der Waals surface area contributed by atoms with Gasteiger partial charge in [0, 0.05) is 0 Å². The molecule has 0 aliphatic heterocycles. The Morgan fingerprint density at radius 3 is 1.38 bits per heavy atom. The van der Waals surface area contributed by atoms with Crippen molar-refractivity contribution in [2.75, 3.05) is 0 Å². The molecule has 2 saturated carbocycles. The summed E-state index contributed by atoms with van der Waals surface area (Å²) < 4.78 is 14.8. The third kappa shape index (κ3) is 9.84. The highest BCUT2D eigenvalue weighted by Gasteiger charge is 2.36. The summed E-state index contributed by atoms with van der Waals surface area (Å²) >= 11 is 0. The Kier molecular flexibility index (Phi) is 13.8. The van der Waals surface area contributed by atoms with E-state index in [0.29, 0.717) is 41.8 Å². The second kappa shape index (κ2) is 17.3. The Balaban J connectivity index is 1.55. The van der Waals surface area contributed by atoms with Gasteiger partial charge in [-0.25, -0.2) is 0 Å². The molecule has 0 amide bonds. The molecule has 0 radical (unpaired) electrons. The molecule has 0 N–H and O–H groups in total. The largest absolute Gasteiger partial charge is 0.393 e. The molecule has 40 heavy (non-hydrogen) atoms. The van der Waals surface area contributed by atoms with Gasteiger partial charge < -0.3 is 8.85 Å². The number of rotatable bonds is 13. The van der Waals surface area contributed by atoms with Crippen molar-refractivity contribution in [2.24, 2.45) is 41.4 Å². The van der Waals surface area contributed by atoms with Gasteiger partial charge in [0.25, 0.3) is 0 Å². The molecule has 2 fully saturated rings. The lowest BCUT2D eigenvalue weighted by atomic mass is 9.77. The summed E-state index contributed by atoms with van der Waals surface area (Å²) in [6.45, 7) is 9.40. The van der Waals surface area contributed by atoms with Gasteiger partial charge >= 0.3 is 9.28 Å². The molecular formula is C37H62O2Si. The van der Waals surface area contributed by atoms with E-state index in [9.17, 15) is 0 Å². The van der Waals surface area contributed by atoms with Gasteiger partial charge in [-0.15, -0.1) is 0 Å². The van der Waals surface area contributed by atoms with Crippen LogP contribution in [0.15, 0.2) is 48.6 Å². The first-order valence-corrected chi connectivity index (χ1v) is 19.3. The summed E-state index contributed by atoms with van der Waals surface area (Å²) in [7, 11) is -1.89. The van der Waals surface area contributed by atoms with Crippen molar-refractivity contribution in [1.29, 1.82) is 0 Å². The van der Waals surface area contributed by atoms with Crippen LogP contribution in [-0.4, -0.2) is 21.5 Å². The molecule has 0 spiro atoms. The molecule has 4 aliphatic rings. The zero-order valence-corrected chi connectivity index (χ0v) is 27.7. The first kappa shape index (κ1) is 32.0. The third-order valence-corrected chi connectivity index (χ3v) is 12.5. The molecule has 226 valence electrons. The predicted molar refractivity (Wildman–Crippen MR) is 175 cm³/mol. The fourth-order valence-corrected chi connectivity index (χ4v) is 11.0. The van der Waals surface area contributed by atoms with Crippen LogP contribution in [0, 0.1) is 41.4 Å². The third-order valence-electron chi connectivity index (χ3n) is 10.4. The van der Waals surface area contributed by atoms with Gasteiger partial charge in [-0.1, -0.05) is 141 Å². The van der Waals surface area contributed by atoms with E-state index in [1.165, 1.54) is 96.3 Å². The highest BCUT2D eigenvalue weighted by atomic mass is 28.3. The molecule has 1 unspecified atom stereocenters. The summed E-state index contributed by atoms with van der Waals surface area (Å²) in [6, 6.07) is 1.13. The summed E-state index contributed by atoms with van der Waals surface area (Å²) in [4.78, 5) is 0. The van der Waals surface area contributed by atoms with Crippen LogP contribution >= 0.6 is 0 Å². The van der Waals surface area contributed by atoms with E-state index in [0.717, 1.165) is 17.9 Å². The van der Waals surface area contributed by atoms with Gasteiger partial charge in [0.1, 0.15) is 0 Å². The van der Waals surface area contributed by atoms with Crippen molar-refractivity contribution in [3.63, 3.8) is 0 Å². The maximum absolute atomic E-state index is 7.57. The van der Waals surface area contributed by atoms with Crippen LogP contribution in [0.5, 0.6) is 0 Å². The van der Waals surface area contributed by atoms with Crippen molar-refractivity contribution in [3.8, 4) is 0 Å². The highest BCUT2D eigenvalue weighted by Crippen LogP contribution is 2.39. The van der Waals surface area contributed by atoms with E-state index in [-0.39, 0.29) is 0 Å². The molecular weight excluding hydrogens is 504 g/mol. The maximum atomic E-state index is 7.57. The summed E-state index contributed by atoms with van der Waals surface area (Å²) in [6.07, 6.45) is 40.2. The summed E-state index contributed by atoms with van der Waals surface area (Å²) in [5.74, 6) is 4.18. The van der Waals surface area contributed by atoms with E-state index in [1.807, 2.05) is 0 Å². The van der Waals surface area contributed by atoms with Gasteiger partial charge in [-0.2, -0.15) is 0 Å². The smallest absolute Gasteiger partial charge is 0.321 e. The van der Waals surface area contributed by atoms with Crippen molar-refractivity contribution in [1.82, 2.24) is 0 Å². The molecule has 1 atom stereocenters. The Morgan fingerprint density at radius 1 is 0.575 bits per heavy atom. The van der Waals surface area contributed by atoms with Gasteiger partial charge in [0.05, 0.1) is 12.2 Å². The first-order chi connectivity index (χ1) is 19.5. The van der Waals surface area contributed by atoms with Crippen LogP contribution in [0.2, 0.25) is 6.04 Å². The minimum absolute atomic E-state index is 0.294. The molecule has 4 aliphatic carbocycles. The van der Waals surface area contributed by atoms with Crippen molar-refractivity contribution < 1.29 is 8.85 Å². The van der Waals surface area contributed by atoms with Crippen LogP contribution < -0.4 is 0 Å². The fourth-order valence-electron chi connectivity index (χ4n) is 8.28. The van der Waals surface area contributed by atoms with Crippen molar-refractivity contribution in [2.45, 2.75) is 142 Å². The molecule has 0 saturated heterocycles. The lowest BCUT2D eigenvalue weighted by Gasteiger charge is -2.40. The van der Waals surface area contributed by atoms with E-state index >= 15 is 0 Å². The molecule has 0 aromatic carbocycles. The van der Waals surface area contributed by atoms with Crippen molar-refractivity contribution in [3.05, 3.63) is 48.6 Å². The quantitative estimate of drug-likeness (QED) is 0.206. The first-order valence-electron chi connectivity index (χ1n) is 17.5. The van der Waals surface area contributed by atoms with Gasteiger partial charge in [-0.05, 0) is 79.6 Å².